The quantitative estimate of drug-likeness (QED) is 0.272. The smallest absolute Gasteiger partial charge is 0.244 e. The predicted octanol–water partition coefficient (Wildman–Crippen LogP) is 5.69. The van der Waals surface area contributed by atoms with Gasteiger partial charge >= 0.3 is 0 Å². The zero-order valence-electron chi connectivity index (χ0n) is 21.6. The lowest BCUT2D eigenvalue weighted by Gasteiger charge is -2.33. The van der Waals surface area contributed by atoms with Crippen LogP contribution in [-0.2, 0) is 32.6 Å². The summed E-state index contributed by atoms with van der Waals surface area (Å²) in [5, 5.41) is 3.36. The van der Waals surface area contributed by atoms with E-state index < -0.39 is 28.5 Å². The van der Waals surface area contributed by atoms with Crippen LogP contribution in [0.5, 0.6) is 0 Å². The van der Waals surface area contributed by atoms with Crippen molar-refractivity contribution in [1.29, 1.82) is 0 Å². The van der Waals surface area contributed by atoms with E-state index in [0.717, 1.165) is 32.6 Å². The minimum Gasteiger partial charge on any atom is -0.354 e. The zero-order valence-corrected chi connectivity index (χ0v) is 25.5. The molecular formula is C28H30BrCl2N3O4S. The molecule has 3 rings (SSSR count). The van der Waals surface area contributed by atoms with Crippen LogP contribution in [0.4, 0.5) is 5.69 Å². The van der Waals surface area contributed by atoms with Crippen molar-refractivity contribution in [3.05, 3.63) is 98.4 Å². The second-order valence-corrected chi connectivity index (χ2v) is 12.7. The lowest BCUT2D eigenvalue weighted by Crippen LogP contribution is -2.53. The molecule has 3 aromatic carbocycles. The Morgan fingerprint density at radius 3 is 2.13 bits per heavy atom. The number of halogens is 3. The number of rotatable bonds is 12. The van der Waals surface area contributed by atoms with Gasteiger partial charge in [0.15, 0.2) is 0 Å². The highest BCUT2D eigenvalue weighted by molar-refractivity contribution is 9.10. The van der Waals surface area contributed by atoms with Gasteiger partial charge in [0.25, 0.3) is 0 Å². The molecule has 0 aliphatic carbocycles. The van der Waals surface area contributed by atoms with E-state index in [2.05, 4.69) is 21.2 Å². The second-order valence-electron chi connectivity index (χ2n) is 9.04. The van der Waals surface area contributed by atoms with Crippen LogP contribution in [0.15, 0.2) is 77.3 Å². The van der Waals surface area contributed by atoms with E-state index in [0.29, 0.717) is 6.54 Å². The fourth-order valence-electron chi connectivity index (χ4n) is 4.00. The largest absolute Gasteiger partial charge is 0.354 e. The Morgan fingerprint density at radius 2 is 1.56 bits per heavy atom. The van der Waals surface area contributed by atoms with Gasteiger partial charge in [-0.2, -0.15) is 0 Å². The molecule has 11 heteroatoms. The van der Waals surface area contributed by atoms with E-state index in [9.17, 15) is 18.0 Å². The minimum atomic E-state index is -3.92. The van der Waals surface area contributed by atoms with Crippen LogP contribution in [0.2, 0.25) is 10.0 Å². The Bertz CT molecular complexity index is 1370. The molecule has 0 saturated carbocycles. The molecule has 208 valence electrons. The van der Waals surface area contributed by atoms with Gasteiger partial charge in [-0.15, -0.1) is 0 Å². The number of nitrogens with one attached hydrogen (secondary N) is 1. The third-order valence-electron chi connectivity index (χ3n) is 5.90. The first-order valence-electron chi connectivity index (χ1n) is 12.3. The molecule has 0 heterocycles. The second kappa shape index (κ2) is 14.2. The molecule has 0 fully saturated rings. The summed E-state index contributed by atoms with van der Waals surface area (Å²) in [6, 6.07) is 20.2. The number of carbonyl (C=O) groups excluding carboxylic acids is 2. The molecule has 1 atom stereocenters. The van der Waals surface area contributed by atoms with Gasteiger partial charge in [0.05, 0.1) is 11.9 Å². The van der Waals surface area contributed by atoms with Gasteiger partial charge < -0.3 is 10.2 Å². The van der Waals surface area contributed by atoms with E-state index in [1.54, 1.807) is 0 Å². The Kier molecular flexibility index (Phi) is 11.2. The number of benzene rings is 3. The van der Waals surface area contributed by atoms with Crippen LogP contribution in [0, 0.1) is 0 Å². The van der Waals surface area contributed by atoms with Crippen molar-refractivity contribution in [1.82, 2.24) is 10.2 Å². The maximum atomic E-state index is 14.0. The molecule has 0 aliphatic rings. The van der Waals surface area contributed by atoms with E-state index >= 15 is 0 Å². The summed E-state index contributed by atoms with van der Waals surface area (Å²) >= 11 is 15.7. The number of hydrogen-bond donors (Lipinski definition) is 1. The molecule has 1 unspecified atom stereocenters. The van der Waals surface area contributed by atoms with E-state index in [1.165, 1.54) is 23.1 Å². The highest BCUT2D eigenvalue weighted by atomic mass is 79.9. The molecule has 7 nitrogen and oxygen atoms in total. The molecule has 0 bridgehead atoms. The number of carbonyl (C=O) groups is 2. The van der Waals surface area contributed by atoms with E-state index in [-0.39, 0.29) is 34.6 Å². The fourth-order valence-corrected chi connectivity index (χ4v) is 5.62. The number of amides is 2. The molecule has 2 amide bonds. The molecule has 0 radical (unpaired) electrons. The van der Waals surface area contributed by atoms with E-state index in [1.807, 2.05) is 61.5 Å². The average molecular weight is 655 g/mol. The summed E-state index contributed by atoms with van der Waals surface area (Å²) in [5.41, 5.74) is 1.80. The summed E-state index contributed by atoms with van der Waals surface area (Å²) in [7, 11) is -3.92. The molecule has 0 aromatic heterocycles. The van der Waals surface area contributed by atoms with Crippen LogP contribution in [-0.4, -0.2) is 50.5 Å². The van der Waals surface area contributed by atoms with Crippen molar-refractivity contribution in [2.24, 2.45) is 0 Å². The van der Waals surface area contributed by atoms with Crippen LogP contribution >= 0.6 is 39.1 Å². The van der Waals surface area contributed by atoms with Gasteiger partial charge in [0, 0.05) is 34.0 Å². The minimum absolute atomic E-state index is 0.0943. The molecule has 3 aromatic rings. The van der Waals surface area contributed by atoms with Gasteiger partial charge in [-0.3, -0.25) is 13.9 Å². The molecule has 39 heavy (non-hydrogen) atoms. The van der Waals surface area contributed by atoms with Crippen molar-refractivity contribution in [3.63, 3.8) is 0 Å². The van der Waals surface area contributed by atoms with Crippen molar-refractivity contribution in [2.45, 2.75) is 32.4 Å². The summed E-state index contributed by atoms with van der Waals surface area (Å²) in [6.45, 7) is 1.94. The van der Waals surface area contributed by atoms with Crippen molar-refractivity contribution < 1.29 is 18.0 Å². The first-order chi connectivity index (χ1) is 18.5. The van der Waals surface area contributed by atoms with Gasteiger partial charge in [-0.1, -0.05) is 88.5 Å². The third kappa shape index (κ3) is 9.24. The Labute approximate surface area is 248 Å². The van der Waals surface area contributed by atoms with Crippen LogP contribution in [0.1, 0.15) is 24.5 Å². The zero-order chi connectivity index (χ0) is 28.6. The fraction of sp³-hybridized carbons (Fsp3) is 0.286. The summed E-state index contributed by atoms with van der Waals surface area (Å²) in [5.74, 6) is -0.866. The molecular weight excluding hydrogens is 625 g/mol. The first kappa shape index (κ1) is 30.9. The standard InChI is InChI=1S/C28H30BrCl2N3O4S/c1-3-13-32-28(36)26(14-20-7-5-4-6-8-20)33(18-21-9-11-22(29)12-10-21)27(35)19-34(39(2,37)38)25-16-23(30)15-24(31)17-25/h4-12,15-17,26H,3,13-14,18-19H2,1-2H3,(H,32,36). The van der Waals surface area contributed by atoms with Crippen LogP contribution in [0.25, 0.3) is 0 Å². The van der Waals surface area contributed by atoms with Gasteiger partial charge in [0.2, 0.25) is 21.8 Å². The van der Waals surface area contributed by atoms with Gasteiger partial charge in [-0.25, -0.2) is 8.42 Å². The number of hydrogen-bond acceptors (Lipinski definition) is 4. The van der Waals surface area contributed by atoms with Crippen LogP contribution < -0.4 is 9.62 Å². The van der Waals surface area contributed by atoms with Crippen LogP contribution in [0.3, 0.4) is 0 Å². The van der Waals surface area contributed by atoms with Crippen molar-refractivity contribution >= 4 is 66.7 Å². The SMILES string of the molecule is CCCNC(=O)C(Cc1ccccc1)N(Cc1ccc(Br)cc1)C(=O)CN(c1cc(Cl)cc(Cl)c1)S(C)(=O)=O. The third-order valence-corrected chi connectivity index (χ3v) is 8.01. The molecule has 0 spiro atoms. The maximum Gasteiger partial charge on any atom is 0.244 e. The Balaban J connectivity index is 2.05. The lowest BCUT2D eigenvalue weighted by atomic mass is 10.0. The predicted molar refractivity (Wildman–Crippen MR) is 161 cm³/mol. The van der Waals surface area contributed by atoms with Gasteiger partial charge in [-0.05, 0) is 47.9 Å². The highest BCUT2D eigenvalue weighted by Gasteiger charge is 2.33. The molecule has 1 N–H and O–H groups in total. The number of nitrogens with zero attached hydrogens (tertiary/aromatic N) is 2. The molecule has 0 aliphatic heterocycles. The monoisotopic (exact) mass is 653 g/mol. The Hall–Kier alpha value is -2.59. The summed E-state index contributed by atoms with van der Waals surface area (Å²) < 4.78 is 27.5. The van der Waals surface area contributed by atoms with Crippen molar-refractivity contribution in [3.8, 4) is 0 Å². The highest BCUT2D eigenvalue weighted by Crippen LogP contribution is 2.27. The normalized spacial score (nSPS) is 12.0. The summed E-state index contributed by atoms with van der Waals surface area (Å²) in [4.78, 5) is 28.9. The first-order valence-corrected chi connectivity index (χ1v) is 15.7. The van der Waals surface area contributed by atoms with E-state index in [4.69, 9.17) is 23.2 Å². The molecule has 0 saturated heterocycles. The van der Waals surface area contributed by atoms with Gasteiger partial charge in [0.1, 0.15) is 12.6 Å². The summed E-state index contributed by atoms with van der Waals surface area (Å²) in [6.07, 6.45) is 1.98. The van der Waals surface area contributed by atoms with Crippen molar-refractivity contribution in [2.75, 3.05) is 23.7 Å². The average Bonchev–Trinajstić information content (AvgIpc) is 2.88. The topological polar surface area (TPSA) is 86.8 Å². The lowest BCUT2D eigenvalue weighted by molar-refractivity contribution is -0.140. The Morgan fingerprint density at radius 1 is 0.949 bits per heavy atom. The number of sulfonamides is 1. The number of anilines is 1. The maximum absolute atomic E-state index is 14.0.